The fourth-order valence-electron chi connectivity index (χ4n) is 2.89. The summed E-state index contributed by atoms with van der Waals surface area (Å²) in [6.07, 6.45) is 4.01. The SMILES string of the molecule is CC(C)CCC(=O)N[C@H](Cc1ccccc1)C(=O)N1CCCC1. The van der Waals surface area contributed by atoms with E-state index >= 15 is 0 Å². The first-order chi connectivity index (χ1) is 11.1. The van der Waals surface area contributed by atoms with Crippen LogP contribution in [0.1, 0.15) is 45.1 Å². The van der Waals surface area contributed by atoms with E-state index < -0.39 is 6.04 Å². The van der Waals surface area contributed by atoms with E-state index in [2.05, 4.69) is 19.2 Å². The van der Waals surface area contributed by atoms with Crippen LogP contribution in [0.5, 0.6) is 0 Å². The third kappa shape index (κ3) is 5.70. The molecule has 0 spiro atoms. The smallest absolute Gasteiger partial charge is 0.245 e. The van der Waals surface area contributed by atoms with Crippen molar-refractivity contribution in [1.82, 2.24) is 10.2 Å². The fraction of sp³-hybridized carbons (Fsp3) is 0.579. The van der Waals surface area contributed by atoms with Crippen molar-refractivity contribution in [1.29, 1.82) is 0 Å². The summed E-state index contributed by atoms with van der Waals surface area (Å²) < 4.78 is 0. The maximum atomic E-state index is 12.7. The van der Waals surface area contributed by atoms with Crippen LogP contribution in [0.3, 0.4) is 0 Å². The Balaban J connectivity index is 2.01. The van der Waals surface area contributed by atoms with Crippen LogP contribution in [0.2, 0.25) is 0 Å². The first kappa shape index (κ1) is 17.5. The lowest BCUT2D eigenvalue weighted by Gasteiger charge is -2.24. The summed E-state index contributed by atoms with van der Waals surface area (Å²) >= 11 is 0. The predicted molar refractivity (Wildman–Crippen MR) is 92.0 cm³/mol. The van der Waals surface area contributed by atoms with Crippen LogP contribution in [-0.2, 0) is 16.0 Å². The zero-order valence-electron chi connectivity index (χ0n) is 14.3. The van der Waals surface area contributed by atoms with Crippen LogP contribution in [0.4, 0.5) is 0 Å². The molecule has 0 unspecified atom stereocenters. The molecular formula is C19H28N2O2. The van der Waals surface area contributed by atoms with Gasteiger partial charge in [-0.3, -0.25) is 9.59 Å². The molecule has 0 bridgehead atoms. The van der Waals surface area contributed by atoms with Gasteiger partial charge in [-0.2, -0.15) is 0 Å². The van der Waals surface area contributed by atoms with Gasteiger partial charge < -0.3 is 10.2 Å². The van der Waals surface area contributed by atoms with Gasteiger partial charge in [0, 0.05) is 25.9 Å². The first-order valence-electron chi connectivity index (χ1n) is 8.68. The number of nitrogens with one attached hydrogen (secondary N) is 1. The average molecular weight is 316 g/mol. The molecule has 1 aliphatic heterocycles. The van der Waals surface area contributed by atoms with Crippen LogP contribution < -0.4 is 5.32 Å². The third-order valence-electron chi connectivity index (χ3n) is 4.28. The second-order valence-electron chi connectivity index (χ2n) is 6.77. The molecule has 2 rings (SSSR count). The highest BCUT2D eigenvalue weighted by molar-refractivity contribution is 5.88. The lowest BCUT2D eigenvalue weighted by molar-refractivity contribution is -0.135. The summed E-state index contributed by atoms with van der Waals surface area (Å²) in [7, 11) is 0. The van der Waals surface area contributed by atoms with Gasteiger partial charge in [-0.15, -0.1) is 0 Å². The molecule has 0 aliphatic carbocycles. The van der Waals surface area contributed by atoms with Crippen molar-refractivity contribution >= 4 is 11.8 Å². The molecule has 1 saturated heterocycles. The minimum atomic E-state index is -0.449. The monoisotopic (exact) mass is 316 g/mol. The van der Waals surface area contributed by atoms with Gasteiger partial charge in [-0.05, 0) is 30.7 Å². The molecule has 2 amide bonds. The number of benzene rings is 1. The molecule has 1 fully saturated rings. The van der Waals surface area contributed by atoms with Crippen LogP contribution in [0.15, 0.2) is 30.3 Å². The zero-order valence-corrected chi connectivity index (χ0v) is 14.3. The highest BCUT2D eigenvalue weighted by Crippen LogP contribution is 2.13. The molecule has 0 radical (unpaired) electrons. The van der Waals surface area contributed by atoms with Crippen molar-refractivity contribution in [3.8, 4) is 0 Å². The summed E-state index contributed by atoms with van der Waals surface area (Å²) in [4.78, 5) is 26.8. The fourth-order valence-corrected chi connectivity index (χ4v) is 2.89. The van der Waals surface area contributed by atoms with Gasteiger partial charge in [-0.1, -0.05) is 44.2 Å². The number of nitrogens with zero attached hydrogens (tertiary/aromatic N) is 1. The van der Waals surface area contributed by atoms with Gasteiger partial charge in [0.05, 0.1) is 0 Å². The molecule has 1 aliphatic rings. The van der Waals surface area contributed by atoms with E-state index in [1.807, 2.05) is 35.2 Å². The van der Waals surface area contributed by atoms with Crippen molar-refractivity contribution in [2.75, 3.05) is 13.1 Å². The second-order valence-corrected chi connectivity index (χ2v) is 6.77. The minimum Gasteiger partial charge on any atom is -0.344 e. The average Bonchev–Trinajstić information content (AvgIpc) is 3.07. The lowest BCUT2D eigenvalue weighted by Crippen LogP contribution is -2.49. The first-order valence-corrected chi connectivity index (χ1v) is 8.68. The molecule has 4 nitrogen and oxygen atoms in total. The number of hydrogen-bond donors (Lipinski definition) is 1. The second kappa shape index (κ2) is 8.70. The van der Waals surface area contributed by atoms with Gasteiger partial charge in [0.25, 0.3) is 0 Å². The highest BCUT2D eigenvalue weighted by atomic mass is 16.2. The number of likely N-dealkylation sites (tertiary alicyclic amines) is 1. The Bertz CT molecular complexity index is 507. The van der Waals surface area contributed by atoms with Crippen molar-refractivity contribution < 1.29 is 9.59 Å². The molecule has 1 atom stereocenters. The van der Waals surface area contributed by atoms with Crippen molar-refractivity contribution in [3.05, 3.63) is 35.9 Å². The number of hydrogen-bond acceptors (Lipinski definition) is 2. The zero-order chi connectivity index (χ0) is 16.7. The normalized spacial score (nSPS) is 15.7. The molecular weight excluding hydrogens is 288 g/mol. The maximum Gasteiger partial charge on any atom is 0.245 e. The molecule has 1 aromatic rings. The molecule has 1 heterocycles. The molecule has 1 aromatic carbocycles. The van der Waals surface area contributed by atoms with Crippen molar-refractivity contribution in [2.45, 2.75) is 52.0 Å². The molecule has 4 heteroatoms. The third-order valence-corrected chi connectivity index (χ3v) is 4.28. The van der Waals surface area contributed by atoms with Crippen LogP contribution in [-0.4, -0.2) is 35.8 Å². The van der Waals surface area contributed by atoms with Crippen LogP contribution >= 0.6 is 0 Å². The lowest BCUT2D eigenvalue weighted by atomic mass is 10.0. The standard InChI is InChI=1S/C19H28N2O2/c1-15(2)10-11-18(22)20-17(14-16-8-4-3-5-9-16)19(23)21-12-6-7-13-21/h3-5,8-9,15,17H,6-7,10-14H2,1-2H3,(H,20,22)/t17-/m1/s1. The number of amides is 2. The van der Waals surface area contributed by atoms with E-state index in [9.17, 15) is 9.59 Å². The molecule has 1 N–H and O–H groups in total. The van der Waals surface area contributed by atoms with E-state index in [1.54, 1.807) is 0 Å². The van der Waals surface area contributed by atoms with Gasteiger partial charge in [0.15, 0.2) is 0 Å². The molecule has 23 heavy (non-hydrogen) atoms. The summed E-state index contributed by atoms with van der Waals surface area (Å²) in [6.45, 7) is 5.83. The maximum absolute atomic E-state index is 12.7. The van der Waals surface area contributed by atoms with Crippen molar-refractivity contribution in [2.24, 2.45) is 5.92 Å². The number of carbonyl (C=O) groups is 2. The van der Waals surface area contributed by atoms with E-state index in [4.69, 9.17) is 0 Å². The molecule has 0 aromatic heterocycles. The minimum absolute atomic E-state index is 0.0211. The van der Waals surface area contributed by atoms with E-state index in [1.165, 1.54) is 0 Å². The molecule has 126 valence electrons. The Labute approximate surface area is 139 Å². The van der Waals surface area contributed by atoms with Gasteiger partial charge in [0.1, 0.15) is 6.04 Å². The number of rotatable bonds is 7. The summed E-state index contributed by atoms with van der Waals surface area (Å²) in [5.74, 6) is 0.527. The van der Waals surface area contributed by atoms with Crippen LogP contribution in [0, 0.1) is 5.92 Å². The Morgan fingerprint density at radius 2 is 1.78 bits per heavy atom. The van der Waals surface area contributed by atoms with Gasteiger partial charge in [0.2, 0.25) is 11.8 Å². The number of carbonyl (C=O) groups excluding carboxylic acids is 2. The Kier molecular flexibility index (Phi) is 6.63. The van der Waals surface area contributed by atoms with E-state index in [-0.39, 0.29) is 11.8 Å². The van der Waals surface area contributed by atoms with Gasteiger partial charge in [-0.25, -0.2) is 0 Å². The van der Waals surface area contributed by atoms with Crippen molar-refractivity contribution in [3.63, 3.8) is 0 Å². The molecule has 0 saturated carbocycles. The predicted octanol–water partition coefficient (Wildman–Crippen LogP) is 2.77. The van der Waals surface area contributed by atoms with Gasteiger partial charge >= 0.3 is 0 Å². The van der Waals surface area contributed by atoms with Crippen LogP contribution in [0.25, 0.3) is 0 Å². The Morgan fingerprint density at radius 1 is 1.13 bits per heavy atom. The largest absolute Gasteiger partial charge is 0.344 e. The summed E-state index contributed by atoms with van der Waals surface area (Å²) in [5.41, 5.74) is 1.08. The van der Waals surface area contributed by atoms with E-state index in [0.29, 0.717) is 18.8 Å². The summed E-state index contributed by atoms with van der Waals surface area (Å²) in [5, 5.41) is 2.97. The highest BCUT2D eigenvalue weighted by Gasteiger charge is 2.27. The van der Waals surface area contributed by atoms with E-state index in [0.717, 1.165) is 37.9 Å². The topological polar surface area (TPSA) is 49.4 Å². The summed E-state index contributed by atoms with van der Waals surface area (Å²) in [6, 6.07) is 9.45. The Hall–Kier alpha value is -1.84. The quantitative estimate of drug-likeness (QED) is 0.841. The Morgan fingerprint density at radius 3 is 2.39 bits per heavy atom.